The fourth-order valence-corrected chi connectivity index (χ4v) is 3.45. The highest BCUT2D eigenvalue weighted by Crippen LogP contribution is 2.30. The van der Waals surface area contributed by atoms with E-state index in [1.807, 2.05) is 0 Å². The number of carbonyl (C=O) groups is 1. The van der Waals surface area contributed by atoms with Crippen LogP contribution in [0.15, 0.2) is 54.7 Å². The Bertz CT molecular complexity index is 1070. The second kappa shape index (κ2) is 10.1. The van der Waals surface area contributed by atoms with Gasteiger partial charge in [-0.3, -0.25) is 4.79 Å². The summed E-state index contributed by atoms with van der Waals surface area (Å²) in [6.07, 6.45) is 3.88. The van der Waals surface area contributed by atoms with Crippen molar-refractivity contribution in [1.29, 1.82) is 0 Å². The van der Waals surface area contributed by atoms with Gasteiger partial charge in [-0.25, -0.2) is 9.37 Å². The molecule has 0 radical (unpaired) electrons. The van der Waals surface area contributed by atoms with Crippen LogP contribution in [0, 0.1) is 5.82 Å². The predicted octanol–water partition coefficient (Wildman–Crippen LogP) is 3.55. The van der Waals surface area contributed by atoms with E-state index in [-0.39, 0.29) is 5.91 Å². The highest BCUT2D eigenvalue weighted by molar-refractivity contribution is 6.04. The minimum atomic E-state index is -0.407. The topological polar surface area (TPSA) is 105 Å². The number of halogens is 1. The molecule has 1 saturated heterocycles. The molecular weight excluding hydrogens is 411 g/mol. The highest BCUT2D eigenvalue weighted by atomic mass is 19.1. The van der Waals surface area contributed by atoms with Gasteiger partial charge in [0.05, 0.1) is 6.20 Å². The van der Waals surface area contributed by atoms with Crippen LogP contribution in [0.25, 0.3) is 0 Å². The standard InChI is InChI=1S/C23H25FN6O2/c24-17-4-3-5-19(14-17)27-22(31)16-6-8-18(9-7-16)28-23-26-15-20(32-13-10-25)21(29-23)30-11-1-2-12-30/h3-9,14-15H,1-2,10-13,25H2,(H,27,31)(H,26,28,29). The van der Waals surface area contributed by atoms with E-state index in [1.54, 1.807) is 42.6 Å². The van der Waals surface area contributed by atoms with E-state index in [4.69, 9.17) is 10.5 Å². The van der Waals surface area contributed by atoms with Crippen molar-refractivity contribution in [2.24, 2.45) is 5.73 Å². The van der Waals surface area contributed by atoms with Crippen molar-refractivity contribution in [1.82, 2.24) is 9.97 Å². The average Bonchev–Trinajstić information content (AvgIpc) is 3.33. The number of nitrogens with two attached hydrogens (primary N) is 1. The quantitative estimate of drug-likeness (QED) is 0.496. The maximum absolute atomic E-state index is 13.3. The molecule has 9 heteroatoms. The van der Waals surface area contributed by atoms with Crippen LogP contribution in [-0.2, 0) is 0 Å². The van der Waals surface area contributed by atoms with Gasteiger partial charge in [0.2, 0.25) is 5.95 Å². The molecule has 0 spiro atoms. The molecule has 1 amide bonds. The number of hydrogen-bond donors (Lipinski definition) is 3. The number of carbonyl (C=O) groups excluding carboxylic acids is 1. The zero-order valence-corrected chi connectivity index (χ0v) is 17.6. The summed E-state index contributed by atoms with van der Waals surface area (Å²) in [6, 6.07) is 12.6. The van der Waals surface area contributed by atoms with Gasteiger partial charge in [-0.2, -0.15) is 4.98 Å². The minimum Gasteiger partial charge on any atom is -0.487 e. The number of anilines is 4. The van der Waals surface area contributed by atoms with Crippen LogP contribution in [-0.4, -0.2) is 42.1 Å². The Hall–Kier alpha value is -3.72. The highest BCUT2D eigenvalue weighted by Gasteiger charge is 2.19. The number of ether oxygens (including phenoxy) is 1. The molecule has 0 aliphatic carbocycles. The molecule has 0 saturated carbocycles. The average molecular weight is 436 g/mol. The lowest BCUT2D eigenvalue weighted by atomic mass is 10.2. The van der Waals surface area contributed by atoms with E-state index in [0.29, 0.717) is 36.1 Å². The Morgan fingerprint density at radius 3 is 2.62 bits per heavy atom. The number of hydrogen-bond acceptors (Lipinski definition) is 7. The molecule has 0 bridgehead atoms. The number of aromatic nitrogens is 2. The molecule has 1 aliphatic rings. The van der Waals surface area contributed by atoms with Gasteiger partial charge in [-0.15, -0.1) is 0 Å². The number of amides is 1. The lowest BCUT2D eigenvalue weighted by molar-refractivity contribution is 0.102. The largest absolute Gasteiger partial charge is 0.487 e. The predicted molar refractivity (Wildman–Crippen MR) is 122 cm³/mol. The van der Waals surface area contributed by atoms with Gasteiger partial charge in [0.15, 0.2) is 11.6 Å². The van der Waals surface area contributed by atoms with Crippen LogP contribution in [0.1, 0.15) is 23.2 Å². The van der Waals surface area contributed by atoms with E-state index >= 15 is 0 Å². The lowest BCUT2D eigenvalue weighted by Gasteiger charge is -2.20. The number of nitrogens with one attached hydrogen (secondary N) is 2. The molecule has 1 aliphatic heterocycles. The maximum atomic E-state index is 13.3. The first-order chi connectivity index (χ1) is 15.6. The molecule has 0 atom stereocenters. The second-order valence-electron chi connectivity index (χ2n) is 7.38. The van der Waals surface area contributed by atoms with Crippen molar-refractivity contribution < 1.29 is 13.9 Å². The monoisotopic (exact) mass is 436 g/mol. The Kier molecular flexibility index (Phi) is 6.76. The molecule has 32 heavy (non-hydrogen) atoms. The summed E-state index contributed by atoms with van der Waals surface area (Å²) in [4.78, 5) is 23.6. The van der Waals surface area contributed by atoms with Gasteiger partial charge < -0.3 is 26.0 Å². The summed E-state index contributed by atoms with van der Waals surface area (Å²) in [5.41, 5.74) is 7.14. The van der Waals surface area contributed by atoms with Crippen molar-refractivity contribution >= 4 is 29.0 Å². The van der Waals surface area contributed by atoms with Gasteiger partial charge >= 0.3 is 0 Å². The summed E-state index contributed by atoms with van der Waals surface area (Å²) in [5, 5.41) is 5.84. The molecule has 166 valence electrons. The fourth-order valence-electron chi connectivity index (χ4n) is 3.45. The summed E-state index contributed by atoms with van der Waals surface area (Å²) in [5.74, 6) is 1.07. The van der Waals surface area contributed by atoms with E-state index in [1.165, 1.54) is 12.1 Å². The summed E-state index contributed by atoms with van der Waals surface area (Å²) >= 11 is 0. The third-order valence-electron chi connectivity index (χ3n) is 5.00. The van der Waals surface area contributed by atoms with Crippen molar-refractivity contribution in [2.75, 3.05) is 41.8 Å². The van der Waals surface area contributed by atoms with Crippen LogP contribution in [0.2, 0.25) is 0 Å². The van der Waals surface area contributed by atoms with Crippen LogP contribution < -0.4 is 26.0 Å². The molecule has 4 N–H and O–H groups in total. The first-order valence-corrected chi connectivity index (χ1v) is 10.5. The minimum absolute atomic E-state index is 0.323. The molecule has 2 heterocycles. The zero-order valence-electron chi connectivity index (χ0n) is 17.6. The molecule has 2 aromatic carbocycles. The zero-order chi connectivity index (χ0) is 22.3. The lowest BCUT2D eigenvalue weighted by Crippen LogP contribution is -2.22. The summed E-state index contributed by atoms with van der Waals surface area (Å²) < 4.78 is 19.0. The molecule has 8 nitrogen and oxygen atoms in total. The number of nitrogens with zero attached hydrogens (tertiary/aromatic N) is 3. The first-order valence-electron chi connectivity index (χ1n) is 10.5. The SMILES string of the molecule is NCCOc1cnc(Nc2ccc(C(=O)Nc3cccc(F)c3)cc2)nc1N1CCCC1. The molecule has 0 unspecified atom stereocenters. The van der Waals surface area contributed by atoms with E-state index < -0.39 is 5.82 Å². The van der Waals surface area contributed by atoms with Crippen LogP contribution in [0.4, 0.5) is 27.5 Å². The summed E-state index contributed by atoms with van der Waals surface area (Å²) in [6.45, 7) is 2.66. The van der Waals surface area contributed by atoms with Gasteiger partial charge in [0, 0.05) is 36.6 Å². The van der Waals surface area contributed by atoms with Crippen molar-refractivity contribution in [3.05, 3.63) is 66.1 Å². The molecule has 1 aromatic heterocycles. The van der Waals surface area contributed by atoms with E-state index in [2.05, 4.69) is 25.5 Å². The van der Waals surface area contributed by atoms with E-state index in [0.717, 1.165) is 37.4 Å². The van der Waals surface area contributed by atoms with Gasteiger partial charge in [-0.1, -0.05) is 6.07 Å². The van der Waals surface area contributed by atoms with Crippen molar-refractivity contribution in [3.8, 4) is 5.75 Å². The Morgan fingerprint density at radius 1 is 1.12 bits per heavy atom. The van der Waals surface area contributed by atoms with Gasteiger partial charge in [0.1, 0.15) is 12.4 Å². The van der Waals surface area contributed by atoms with Crippen LogP contribution >= 0.6 is 0 Å². The first kappa shape index (κ1) is 21.5. The number of rotatable bonds is 8. The van der Waals surface area contributed by atoms with Gasteiger partial charge in [0.25, 0.3) is 5.91 Å². The third-order valence-corrected chi connectivity index (χ3v) is 5.00. The molecule has 4 rings (SSSR count). The Morgan fingerprint density at radius 2 is 1.91 bits per heavy atom. The Balaban J connectivity index is 1.45. The normalized spacial score (nSPS) is 13.1. The van der Waals surface area contributed by atoms with E-state index in [9.17, 15) is 9.18 Å². The van der Waals surface area contributed by atoms with Crippen molar-refractivity contribution in [3.63, 3.8) is 0 Å². The van der Waals surface area contributed by atoms with Gasteiger partial charge in [-0.05, 0) is 55.3 Å². The smallest absolute Gasteiger partial charge is 0.255 e. The molecule has 1 fully saturated rings. The fraction of sp³-hybridized carbons (Fsp3) is 0.261. The Labute approximate surface area is 185 Å². The molecule has 3 aromatic rings. The maximum Gasteiger partial charge on any atom is 0.255 e. The van der Waals surface area contributed by atoms with Crippen molar-refractivity contribution in [2.45, 2.75) is 12.8 Å². The molecular formula is C23H25FN6O2. The second-order valence-corrected chi connectivity index (χ2v) is 7.38. The third kappa shape index (κ3) is 5.30. The number of benzene rings is 2. The van der Waals surface area contributed by atoms with Crippen LogP contribution in [0.3, 0.4) is 0 Å². The summed E-state index contributed by atoms with van der Waals surface area (Å²) in [7, 11) is 0. The van der Waals surface area contributed by atoms with Crippen LogP contribution in [0.5, 0.6) is 5.75 Å².